The second kappa shape index (κ2) is 12.1. The standard InChI is InChI=1S/C36H47N3O3/c1-35(2,3)23-36(4,5)38-34(41)39-18-17-29-28(25-13-10-14-27(19-25)42-6)16-15-26(32(29)22-39)21-37-33(40)31-20-30(31)24-11-8-7-9-12-24/h7-16,19,30-31,33,37,40H,17-18,20-23H2,1-6H3,(H,38,41)/t30-,31+,33?/m0/s1. The number of hydrogen-bond acceptors (Lipinski definition) is 4. The molecule has 1 aliphatic heterocycles. The molecular formula is C36H47N3O3. The Balaban J connectivity index is 1.37. The Morgan fingerprint density at radius 1 is 1.02 bits per heavy atom. The number of aliphatic hydroxyl groups is 1. The summed E-state index contributed by atoms with van der Waals surface area (Å²) >= 11 is 0. The van der Waals surface area contributed by atoms with E-state index in [2.05, 4.69) is 93.8 Å². The number of nitrogens with one attached hydrogen (secondary N) is 2. The first kappa shape index (κ1) is 30.1. The molecule has 42 heavy (non-hydrogen) atoms. The summed E-state index contributed by atoms with van der Waals surface area (Å²) in [6, 6.07) is 22.9. The molecule has 0 aromatic heterocycles. The van der Waals surface area contributed by atoms with Crippen LogP contribution >= 0.6 is 0 Å². The van der Waals surface area contributed by atoms with Crippen LogP contribution in [-0.2, 0) is 19.5 Å². The molecule has 0 spiro atoms. The van der Waals surface area contributed by atoms with Crippen LogP contribution in [0.1, 0.15) is 75.6 Å². The third kappa shape index (κ3) is 7.16. The number of carbonyl (C=O) groups is 1. The number of fused-ring (bicyclic) bond motifs is 1. The quantitative estimate of drug-likeness (QED) is 0.246. The minimum absolute atomic E-state index is 0.0238. The predicted octanol–water partition coefficient (Wildman–Crippen LogP) is 6.86. The third-order valence-corrected chi connectivity index (χ3v) is 8.57. The molecule has 3 aromatic carbocycles. The predicted molar refractivity (Wildman–Crippen MR) is 169 cm³/mol. The summed E-state index contributed by atoms with van der Waals surface area (Å²) in [5.41, 5.74) is 6.93. The zero-order valence-corrected chi connectivity index (χ0v) is 26.0. The number of urea groups is 1. The van der Waals surface area contributed by atoms with Crippen molar-refractivity contribution in [2.75, 3.05) is 13.7 Å². The van der Waals surface area contributed by atoms with Crippen LogP contribution in [0.4, 0.5) is 4.79 Å². The van der Waals surface area contributed by atoms with Crippen LogP contribution in [0.3, 0.4) is 0 Å². The lowest BCUT2D eigenvalue weighted by molar-refractivity contribution is 0.110. The van der Waals surface area contributed by atoms with E-state index in [9.17, 15) is 9.90 Å². The topological polar surface area (TPSA) is 73.8 Å². The molecule has 3 atom stereocenters. The average Bonchev–Trinajstić information content (AvgIpc) is 3.75. The molecule has 1 fully saturated rings. The molecule has 1 saturated carbocycles. The number of methoxy groups -OCH3 is 1. The monoisotopic (exact) mass is 569 g/mol. The van der Waals surface area contributed by atoms with Crippen molar-refractivity contribution in [1.29, 1.82) is 0 Å². The van der Waals surface area contributed by atoms with Gasteiger partial charge in [-0.1, -0.05) is 75.4 Å². The summed E-state index contributed by atoms with van der Waals surface area (Å²) in [6.07, 6.45) is 2.06. The molecule has 0 bridgehead atoms. The van der Waals surface area contributed by atoms with Gasteiger partial charge in [-0.05, 0) is 90.0 Å². The Bertz CT molecular complexity index is 1400. The van der Waals surface area contributed by atoms with E-state index in [1.165, 1.54) is 22.3 Å². The Morgan fingerprint density at radius 2 is 1.79 bits per heavy atom. The molecule has 1 heterocycles. The smallest absolute Gasteiger partial charge is 0.318 e. The van der Waals surface area contributed by atoms with Gasteiger partial charge in [-0.15, -0.1) is 0 Å². The first-order chi connectivity index (χ1) is 19.9. The maximum absolute atomic E-state index is 13.5. The summed E-state index contributed by atoms with van der Waals surface area (Å²) in [5, 5.41) is 17.8. The van der Waals surface area contributed by atoms with E-state index in [4.69, 9.17) is 4.74 Å². The first-order valence-electron chi connectivity index (χ1n) is 15.3. The molecular weight excluding hydrogens is 522 g/mol. The van der Waals surface area contributed by atoms with Gasteiger partial charge in [0.25, 0.3) is 0 Å². The van der Waals surface area contributed by atoms with E-state index in [1.54, 1.807) is 7.11 Å². The number of nitrogens with zero attached hydrogens (tertiary/aromatic N) is 1. The van der Waals surface area contributed by atoms with Crippen molar-refractivity contribution in [2.24, 2.45) is 11.3 Å². The molecule has 5 rings (SSSR count). The van der Waals surface area contributed by atoms with Crippen LogP contribution in [-0.4, -0.2) is 41.5 Å². The van der Waals surface area contributed by atoms with Crippen molar-refractivity contribution in [3.63, 3.8) is 0 Å². The van der Waals surface area contributed by atoms with Crippen LogP contribution in [0.15, 0.2) is 66.7 Å². The van der Waals surface area contributed by atoms with Crippen LogP contribution in [0.5, 0.6) is 5.75 Å². The fraction of sp³-hybridized carbons (Fsp3) is 0.472. The highest BCUT2D eigenvalue weighted by molar-refractivity contribution is 5.77. The van der Waals surface area contributed by atoms with E-state index in [0.29, 0.717) is 25.6 Å². The van der Waals surface area contributed by atoms with E-state index in [-0.39, 0.29) is 22.9 Å². The molecule has 224 valence electrons. The normalized spacial score (nSPS) is 19.2. The molecule has 0 saturated heterocycles. The minimum Gasteiger partial charge on any atom is -0.497 e. The summed E-state index contributed by atoms with van der Waals surface area (Å²) in [4.78, 5) is 15.5. The largest absolute Gasteiger partial charge is 0.497 e. The van der Waals surface area contributed by atoms with Crippen molar-refractivity contribution in [3.05, 3.63) is 89.0 Å². The van der Waals surface area contributed by atoms with Crippen molar-refractivity contribution in [2.45, 2.75) is 84.7 Å². The van der Waals surface area contributed by atoms with Gasteiger partial charge in [0, 0.05) is 31.1 Å². The summed E-state index contributed by atoms with van der Waals surface area (Å²) < 4.78 is 5.51. The fourth-order valence-electron chi connectivity index (χ4n) is 6.89. The Labute approximate surface area is 251 Å². The van der Waals surface area contributed by atoms with Crippen LogP contribution in [0.2, 0.25) is 0 Å². The maximum Gasteiger partial charge on any atom is 0.318 e. The van der Waals surface area contributed by atoms with Gasteiger partial charge < -0.3 is 20.1 Å². The fourth-order valence-corrected chi connectivity index (χ4v) is 6.89. The van der Waals surface area contributed by atoms with E-state index in [0.717, 1.165) is 36.1 Å². The molecule has 0 radical (unpaired) electrons. The molecule has 3 N–H and O–H groups in total. The molecule has 3 aromatic rings. The van der Waals surface area contributed by atoms with Gasteiger partial charge >= 0.3 is 6.03 Å². The SMILES string of the molecule is COc1cccc(-c2ccc(CNC(O)[C@@H]3C[C@H]3c3ccccc3)c3c2CCN(C(=O)NC(C)(C)CC(C)(C)C)C3)c1. The lowest BCUT2D eigenvalue weighted by atomic mass is 9.82. The number of ether oxygens (including phenoxy) is 1. The van der Waals surface area contributed by atoms with Gasteiger partial charge in [0.2, 0.25) is 0 Å². The molecule has 6 nitrogen and oxygen atoms in total. The van der Waals surface area contributed by atoms with Crippen molar-refractivity contribution in [3.8, 4) is 16.9 Å². The van der Waals surface area contributed by atoms with Gasteiger partial charge in [0.15, 0.2) is 0 Å². The third-order valence-electron chi connectivity index (χ3n) is 8.57. The van der Waals surface area contributed by atoms with Crippen LogP contribution in [0, 0.1) is 11.3 Å². The Hall–Kier alpha value is -3.35. The summed E-state index contributed by atoms with van der Waals surface area (Å²) in [7, 11) is 1.69. The van der Waals surface area contributed by atoms with Gasteiger partial charge in [-0.2, -0.15) is 0 Å². The number of carbonyl (C=O) groups excluding carboxylic acids is 1. The highest BCUT2D eigenvalue weighted by Crippen LogP contribution is 2.49. The number of amides is 2. The minimum atomic E-state index is -0.579. The zero-order chi connectivity index (χ0) is 30.1. The van der Waals surface area contributed by atoms with E-state index < -0.39 is 6.23 Å². The number of hydrogen-bond donors (Lipinski definition) is 3. The van der Waals surface area contributed by atoms with Crippen molar-refractivity contribution < 1.29 is 14.6 Å². The molecule has 1 unspecified atom stereocenters. The Kier molecular flexibility index (Phi) is 8.68. The number of rotatable bonds is 9. The summed E-state index contributed by atoms with van der Waals surface area (Å²) in [6.45, 7) is 12.6. The second-order valence-electron chi connectivity index (χ2n) is 13.9. The maximum atomic E-state index is 13.5. The van der Waals surface area contributed by atoms with Crippen molar-refractivity contribution >= 4 is 6.03 Å². The van der Waals surface area contributed by atoms with Crippen molar-refractivity contribution in [1.82, 2.24) is 15.5 Å². The second-order valence-corrected chi connectivity index (χ2v) is 13.9. The lowest BCUT2D eigenvalue weighted by Gasteiger charge is -2.37. The number of benzene rings is 3. The summed E-state index contributed by atoms with van der Waals surface area (Å²) in [5.74, 6) is 1.44. The molecule has 2 amide bonds. The lowest BCUT2D eigenvalue weighted by Crippen LogP contribution is -2.52. The first-order valence-corrected chi connectivity index (χ1v) is 15.3. The van der Waals surface area contributed by atoms with E-state index >= 15 is 0 Å². The molecule has 1 aliphatic carbocycles. The Morgan fingerprint density at radius 3 is 2.50 bits per heavy atom. The number of aliphatic hydroxyl groups excluding tert-OH is 1. The average molecular weight is 570 g/mol. The van der Waals surface area contributed by atoms with Gasteiger partial charge in [-0.3, -0.25) is 5.32 Å². The zero-order valence-electron chi connectivity index (χ0n) is 26.0. The van der Waals surface area contributed by atoms with Crippen LogP contribution in [0.25, 0.3) is 11.1 Å². The highest BCUT2D eigenvalue weighted by atomic mass is 16.5. The molecule has 6 heteroatoms. The van der Waals surface area contributed by atoms with Crippen LogP contribution < -0.4 is 15.4 Å². The van der Waals surface area contributed by atoms with Gasteiger partial charge in [0.1, 0.15) is 12.0 Å². The van der Waals surface area contributed by atoms with Gasteiger partial charge in [-0.25, -0.2) is 4.79 Å². The van der Waals surface area contributed by atoms with E-state index in [1.807, 2.05) is 23.1 Å². The molecule has 2 aliphatic rings. The van der Waals surface area contributed by atoms with Gasteiger partial charge in [0.05, 0.1) is 7.11 Å². The highest BCUT2D eigenvalue weighted by Gasteiger charge is 2.43.